The number of pyridine rings is 1. The smallest absolute Gasteiger partial charge is 0.379 e. The summed E-state index contributed by atoms with van der Waals surface area (Å²) in [6.07, 6.45) is -3.77. The molecule has 0 bridgehead atoms. The number of anilines is 1. The number of nitrogen functional groups attached to an aromatic ring is 1. The summed E-state index contributed by atoms with van der Waals surface area (Å²) in [5.74, 6) is -0.167. The summed E-state index contributed by atoms with van der Waals surface area (Å²) in [5, 5.41) is 14.0. The van der Waals surface area contributed by atoms with Gasteiger partial charge in [-0.05, 0) is 16.4 Å². The van der Waals surface area contributed by atoms with Crippen LogP contribution in [0.3, 0.4) is 0 Å². The summed E-state index contributed by atoms with van der Waals surface area (Å²) in [5.41, 5.74) is 4.55. The SMILES string of the molecule is Nc1nonc1-c1nnc2c(Cl)cc(C(F)(F)F)cn12. The van der Waals surface area contributed by atoms with Gasteiger partial charge in [0.15, 0.2) is 23.0 Å². The number of nitrogens with zero attached hydrogens (tertiary/aromatic N) is 5. The predicted octanol–water partition coefficient (Wildman–Crippen LogP) is 2.03. The highest BCUT2D eigenvalue weighted by molar-refractivity contribution is 6.33. The van der Waals surface area contributed by atoms with Gasteiger partial charge in [0, 0.05) is 6.20 Å². The van der Waals surface area contributed by atoms with E-state index in [0.717, 1.165) is 16.7 Å². The first-order chi connectivity index (χ1) is 9.38. The molecular weight excluding hydrogens is 301 g/mol. The van der Waals surface area contributed by atoms with Crippen molar-refractivity contribution in [3.63, 3.8) is 0 Å². The molecular formula is C9H4ClF3N6O. The zero-order valence-electron chi connectivity index (χ0n) is 9.39. The summed E-state index contributed by atoms with van der Waals surface area (Å²) < 4.78 is 43.7. The number of hydrogen-bond acceptors (Lipinski definition) is 6. The van der Waals surface area contributed by atoms with Crippen LogP contribution in [-0.2, 0) is 6.18 Å². The second-order valence-corrected chi connectivity index (χ2v) is 4.20. The van der Waals surface area contributed by atoms with E-state index in [1.807, 2.05) is 0 Å². The van der Waals surface area contributed by atoms with E-state index in [9.17, 15) is 13.2 Å². The molecule has 3 heterocycles. The first kappa shape index (κ1) is 12.7. The Balaban J connectivity index is 2.31. The van der Waals surface area contributed by atoms with Gasteiger partial charge < -0.3 is 5.73 Å². The van der Waals surface area contributed by atoms with Gasteiger partial charge in [-0.2, -0.15) is 13.2 Å². The van der Waals surface area contributed by atoms with Gasteiger partial charge in [-0.25, -0.2) is 4.63 Å². The average Bonchev–Trinajstić information content (AvgIpc) is 2.93. The van der Waals surface area contributed by atoms with E-state index in [-0.39, 0.29) is 28.0 Å². The highest BCUT2D eigenvalue weighted by Crippen LogP contribution is 2.33. The minimum Gasteiger partial charge on any atom is -0.379 e. The van der Waals surface area contributed by atoms with E-state index in [1.54, 1.807) is 0 Å². The summed E-state index contributed by atoms with van der Waals surface area (Å²) in [4.78, 5) is 0. The Bertz CT molecular complexity index is 795. The monoisotopic (exact) mass is 304 g/mol. The highest BCUT2D eigenvalue weighted by atomic mass is 35.5. The molecule has 0 aliphatic heterocycles. The fourth-order valence-corrected chi connectivity index (χ4v) is 1.87. The first-order valence-electron chi connectivity index (χ1n) is 5.08. The zero-order valence-corrected chi connectivity index (χ0v) is 10.1. The lowest BCUT2D eigenvalue weighted by molar-refractivity contribution is -0.137. The summed E-state index contributed by atoms with van der Waals surface area (Å²) in [7, 11) is 0. The molecule has 0 radical (unpaired) electrons. The van der Waals surface area contributed by atoms with Gasteiger partial charge >= 0.3 is 6.18 Å². The molecule has 0 unspecified atom stereocenters. The van der Waals surface area contributed by atoms with Crippen LogP contribution in [0.2, 0.25) is 5.02 Å². The fourth-order valence-electron chi connectivity index (χ4n) is 1.62. The molecule has 0 atom stereocenters. The zero-order chi connectivity index (χ0) is 14.5. The van der Waals surface area contributed by atoms with Crippen molar-refractivity contribution < 1.29 is 17.8 Å². The Morgan fingerprint density at radius 1 is 1.25 bits per heavy atom. The van der Waals surface area contributed by atoms with E-state index in [0.29, 0.717) is 0 Å². The van der Waals surface area contributed by atoms with Gasteiger partial charge in [0.1, 0.15) is 0 Å². The molecule has 3 aromatic heterocycles. The Morgan fingerprint density at radius 2 is 2.00 bits per heavy atom. The molecule has 0 aromatic carbocycles. The van der Waals surface area contributed by atoms with Crippen molar-refractivity contribution in [1.29, 1.82) is 0 Å². The summed E-state index contributed by atoms with van der Waals surface area (Å²) in [6, 6.07) is 0.764. The molecule has 3 rings (SSSR count). The first-order valence-corrected chi connectivity index (χ1v) is 5.45. The number of fused-ring (bicyclic) bond motifs is 1. The van der Waals surface area contributed by atoms with Crippen LogP contribution in [-0.4, -0.2) is 24.9 Å². The predicted molar refractivity (Wildman–Crippen MR) is 60.7 cm³/mol. The quantitative estimate of drug-likeness (QED) is 0.739. The highest BCUT2D eigenvalue weighted by Gasteiger charge is 2.32. The number of rotatable bonds is 1. The van der Waals surface area contributed by atoms with E-state index < -0.39 is 11.7 Å². The van der Waals surface area contributed by atoms with Crippen LogP contribution in [0.1, 0.15) is 5.56 Å². The van der Waals surface area contributed by atoms with Crippen molar-refractivity contribution >= 4 is 23.1 Å². The summed E-state index contributed by atoms with van der Waals surface area (Å²) >= 11 is 5.77. The lowest BCUT2D eigenvalue weighted by Gasteiger charge is -2.08. The molecule has 0 amide bonds. The third-order valence-electron chi connectivity index (χ3n) is 2.51. The van der Waals surface area contributed by atoms with Gasteiger partial charge in [-0.1, -0.05) is 11.6 Å². The van der Waals surface area contributed by atoms with E-state index in [4.69, 9.17) is 17.3 Å². The van der Waals surface area contributed by atoms with Crippen molar-refractivity contribution in [3.8, 4) is 11.5 Å². The molecule has 0 fully saturated rings. The molecule has 2 N–H and O–H groups in total. The minimum atomic E-state index is -4.56. The van der Waals surface area contributed by atoms with Crippen molar-refractivity contribution in [2.75, 3.05) is 5.73 Å². The van der Waals surface area contributed by atoms with Crippen LogP contribution in [0, 0.1) is 0 Å². The van der Waals surface area contributed by atoms with E-state index >= 15 is 0 Å². The van der Waals surface area contributed by atoms with E-state index in [2.05, 4.69) is 25.1 Å². The normalized spacial score (nSPS) is 12.2. The molecule has 104 valence electrons. The van der Waals surface area contributed by atoms with Gasteiger partial charge in [0.25, 0.3) is 0 Å². The van der Waals surface area contributed by atoms with Crippen LogP contribution >= 0.6 is 11.6 Å². The second-order valence-electron chi connectivity index (χ2n) is 3.79. The standard InChI is InChI=1S/C9H4ClF3N6O/c10-4-1-3(9(11,12)13)2-19-7(4)15-16-8(19)5-6(14)18-20-17-5/h1-2H,(H2,14,18). The molecule has 11 heteroatoms. The molecule has 0 aliphatic rings. The van der Waals surface area contributed by atoms with Crippen LogP contribution in [0.5, 0.6) is 0 Å². The van der Waals surface area contributed by atoms with Crippen LogP contribution in [0.4, 0.5) is 19.0 Å². The van der Waals surface area contributed by atoms with Crippen LogP contribution < -0.4 is 5.73 Å². The second kappa shape index (κ2) is 4.07. The summed E-state index contributed by atoms with van der Waals surface area (Å²) in [6.45, 7) is 0. The van der Waals surface area contributed by atoms with Gasteiger partial charge in [-0.15, -0.1) is 10.2 Å². The Kier molecular flexibility index (Phi) is 2.57. The van der Waals surface area contributed by atoms with Crippen LogP contribution in [0.15, 0.2) is 16.9 Å². The maximum atomic E-state index is 12.8. The maximum Gasteiger partial charge on any atom is 0.417 e. The molecule has 20 heavy (non-hydrogen) atoms. The van der Waals surface area contributed by atoms with Gasteiger partial charge in [0.2, 0.25) is 0 Å². The molecule has 0 saturated carbocycles. The topological polar surface area (TPSA) is 95.1 Å². The number of nitrogens with two attached hydrogens (primary N) is 1. The van der Waals surface area contributed by atoms with Gasteiger partial charge in [-0.3, -0.25) is 4.40 Å². The van der Waals surface area contributed by atoms with Crippen molar-refractivity contribution in [1.82, 2.24) is 24.9 Å². The fraction of sp³-hybridized carbons (Fsp3) is 0.111. The molecule has 0 saturated heterocycles. The van der Waals surface area contributed by atoms with Crippen molar-refractivity contribution in [3.05, 3.63) is 22.8 Å². The number of alkyl halides is 3. The third-order valence-corrected chi connectivity index (χ3v) is 2.79. The van der Waals surface area contributed by atoms with E-state index in [1.165, 1.54) is 0 Å². The molecule has 3 aromatic rings. The lowest BCUT2D eigenvalue weighted by Crippen LogP contribution is -2.07. The molecule has 0 spiro atoms. The average molecular weight is 305 g/mol. The number of halogens is 4. The molecule has 7 nitrogen and oxygen atoms in total. The molecule has 0 aliphatic carbocycles. The van der Waals surface area contributed by atoms with Crippen molar-refractivity contribution in [2.24, 2.45) is 0 Å². The Hall–Kier alpha value is -2.36. The maximum absolute atomic E-state index is 12.8. The van der Waals surface area contributed by atoms with Crippen LogP contribution in [0.25, 0.3) is 17.2 Å². The third kappa shape index (κ3) is 1.84. The Labute approximate surface area is 113 Å². The Morgan fingerprint density at radius 3 is 2.60 bits per heavy atom. The lowest BCUT2D eigenvalue weighted by atomic mass is 10.2. The minimum absolute atomic E-state index is 0.0205. The number of aromatic nitrogens is 5. The number of hydrogen-bond donors (Lipinski definition) is 1. The van der Waals surface area contributed by atoms with Crippen molar-refractivity contribution in [2.45, 2.75) is 6.18 Å². The largest absolute Gasteiger partial charge is 0.417 e. The van der Waals surface area contributed by atoms with Gasteiger partial charge in [0.05, 0.1) is 10.6 Å².